The van der Waals surface area contributed by atoms with Crippen molar-refractivity contribution < 1.29 is 4.79 Å². The lowest BCUT2D eigenvalue weighted by Gasteiger charge is -2.15. The van der Waals surface area contributed by atoms with E-state index in [-0.39, 0.29) is 11.8 Å². The molecule has 1 atom stereocenters. The number of anilines is 1. The summed E-state index contributed by atoms with van der Waals surface area (Å²) < 4.78 is 0. The van der Waals surface area contributed by atoms with E-state index in [1.54, 1.807) is 11.8 Å². The third-order valence-electron chi connectivity index (χ3n) is 2.38. The molecule has 0 aliphatic carbocycles. The summed E-state index contributed by atoms with van der Waals surface area (Å²) in [4.78, 5) is 12.8. The average molecular weight is 238 g/mol. The first-order valence-electron chi connectivity index (χ1n) is 5.25. The third kappa shape index (κ3) is 3.54. The zero-order chi connectivity index (χ0) is 12.1. The van der Waals surface area contributed by atoms with Crippen LogP contribution in [-0.4, -0.2) is 18.2 Å². The minimum absolute atomic E-state index is 0.132. The van der Waals surface area contributed by atoms with Gasteiger partial charge < -0.3 is 11.1 Å². The van der Waals surface area contributed by atoms with Crippen LogP contribution >= 0.6 is 11.8 Å². The largest absolute Gasteiger partial charge is 0.325 e. The molecular weight excluding hydrogens is 220 g/mol. The van der Waals surface area contributed by atoms with Gasteiger partial charge in [0.1, 0.15) is 0 Å². The molecule has 0 aliphatic rings. The fraction of sp³-hybridized carbons (Fsp3) is 0.417. The minimum atomic E-state index is -0.458. The molecule has 0 radical (unpaired) electrons. The summed E-state index contributed by atoms with van der Waals surface area (Å²) in [7, 11) is 0. The maximum atomic E-state index is 11.7. The van der Waals surface area contributed by atoms with Gasteiger partial charge in [0.05, 0.1) is 6.04 Å². The van der Waals surface area contributed by atoms with E-state index in [0.29, 0.717) is 0 Å². The van der Waals surface area contributed by atoms with Gasteiger partial charge in [0.25, 0.3) is 0 Å². The highest BCUT2D eigenvalue weighted by Gasteiger charge is 2.16. The van der Waals surface area contributed by atoms with Gasteiger partial charge in [-0.2, -0.15) is 0 Å². The second-order valence-electron chi connectivity index (χ2n) is 3.99. The van der Waals surface area contributed by atoms with Crippen LogP contribution in [0.1, 0.15) is 13.8 Å². The highest BCUT2D eigenvalue weighted by atomic mass is 32.2. The van der Waals surface area contributed by atoms with Crippen molar-refractivity contribution in [3.63, 3.8) is 0 Å². The molecule has 0 heterocycles. The van der Waals surface area contributed by atoms with Crippen LogP contribution in [0.4, 0.5) is 5.69 Å². The van der Waals surface area contributed by atoms with Gasteiger partial charge in [-0.3, -0.25) is 4.79 Å². The van der Waals surface area contributed by atoms with E-state index in [2.05, 4.69) is 5.32 Å². The van der Waals surface area contributed by atoms with E-state index in [4.69, 9.17) is 5.73 Å². The number of carbonyl (C=O) groups excluding carboxylic acids is 1. The van der Waals surface area contributed by atoms with Crippen LogP contribution in [0, 0.1) is 5.92 Å². The number of carbonyl (C=O) groups is 1. The average Bonchev–Trinajstić information content (AvgIpc) is 2.28. The molecule has 0 saturated heterocycles. The SMILES string of the molecule is CSc1ccc(NC(=O)[C@@H](N)C(C)C)cc1. The van der Waals surface area contributed by atoms with Crippen LogP contribution in [0.15, 0.2) is 29.2 Å². The zero-order valence-electron chi connectivity index (χ0n) is 9.86. The van der Waals surface area contributed by atoms with Gasteiger partial charge >= 0.3 is 0 Å². The Kier molecular flexibility index (Phi) is 4.83. The van der Waals surface area contributed by atoms with Gasteiger partial charge in [-0.25, -0.2) is 0 Å². The molecule has 1 aromatic carbocycles. The van der Waals surface area contributed by atoms with Crippen molar-refractivity contribution in [3.05, 3.63) is 24.3 Å². The quantitative estimate of drug-likeness (QED) is 0.792. The Labute approximate surface area is 101 Å². The fourth-order valence-electron chi connectivity index (χ4n) is 1.20. The maximum absolute atomic E-state index is 11.7. The summed E-state index contributed by atoms with van der Waals surface area (Å²) in [6.45, 7) is 3.86. The maximum Gasteiger partial charge on any atom is 0.241 e. The van der Waals surface area contributed by atoms with Crippen molar-refractivity contribution in [2.24, 2.45) is 11.7 Å². The fourth-order valence-corrected chi connectivity index (χ4v) is 1.61. The lowest BCUT2D eigenvalue weighted by Crippen LogP contribution is -2.39. The summed E-state index contributed by atoms with van der Waals surface area (Å²) in [6, 6.07) is 7.26. The standard InChI is InChI=1S/C12H18N2OS/c1-8(2)11(13)12(15)14-9-4-6-10(16-3)7-5-9/h4-8,11H,13H2,1-3H3,(H,14,15)/t11-/m0/s1. The molecule has 88 valence electrons. The summed E-state index contributed by atoms with van der Waals surface area (Å²) in [5.74, 6) is 0.0115. The Morgan fingerprint density at radius 1 is 1.31 bits per heavy atom. The molecule has 1 rings (SSSR count). The lowest BCUT2D eigenvalue weighted by atomic mass is 10.1. The molecule has 4 heteroatoms. The smallest absolute Gasteiger partial charge is 0.241 e. The predicted octanol–water partition coefficient (Wildman–Crippen LogP) is 2.33. The number of nitrogens with one attached hydrogen (secondary N) is 1. The Balaban J connectivity index is 2.62. The molecule has 0 fully saturated rings. The number of rotatable bonds is 4. The van der Waals surface area contributed by atoms with E-state index in [9.17, 15) is 4.79 Å². The predicted molar refractivity (Wildman–Crippen MR) is 69.7 cm³/mol. The number of hydrogen-bond acceptors (Lipinski definition) is 3. The van der Waals surface area contributed by atoms with E-state index in [1.807, 2.05) is 44.4 Å². The van der Waals surface area contributed by atoms with Crippen molar-refractivity contribution in [1.82, 2.24) is 0 Å². The monoisotopic (exact) mass is 238 g/mol. The topological polar surface area (TPSA) is 55.1 Å². The Morgan fingerprint density at radius 2 is 1.88 bits per heavy atom. The van der Waals surface area contributed by atoms with Gasteiger partial charge in [-0.05, 0) is 36.4 Å². The molecule has 1 amide bonds. The Bertz CT molecular complexity index is 349. The number of hydrogen-bond donors (Lipinski definition) is 2. The molecule has 0 bridgehead atoms. The molecule has 0 aromatic heterocycles. The second kappa shape index (κ2) is 5.92. The van der Waals surface area contributed by atoms with E-state index >= 15 is 0 Å². The van der Waals surface area contributed by atoms with Gasteiger partial charge in [0, 0.05) is 10.6 Å². The van der Waals surface area contributed by atoms with Gasteiger partial charge in [-0.15, -0.1) is 11.8 Å². The van der Waals surface area contributed by atoms with Crippen LogP contribution in [0.5, 0.6) is 0 Å². The Morgan fingerprint density at radius 3 is 2.31 bits per heavy atom. The van der Waals surface area contributed by atoms with Crippen LogP contribution in [0.2, 0.25) is 0 Å². The first kappa shape index (κ1) is 13.1. The summed E-state index contributed by atoms with van der Waals surface area (Å²) >= 11 is 1.67. The molecule has 0 unspecified atom stereocenters. The Hall–Kier alpha value is -1.00. The summed E-state index contributed by atoms with van der Waals surface area (Å²) in [6.07, 6.45) is 2.02. The normalized spacial score (nSPS) is 12.6. The third-order valence-corrected chi connectivity index (χ3v) is 3.12. The zero-order valence-corrected chi connectivity index (χ0v) is 10.7. The molecule has 0 spiro atoms. The highest BCUT2D eigenvalue weighted by Crippen LogP contribution is 2.17. The van der Waals surface area contributed by atoms with E-state index < -0.39 is 6.04 Å². The van der Waals surface area contributed by atoms with Gasteiger partial charge in [0.2, 0.25) is 5.91 Å². The van der Waals surface area contributed by atoms with Crippen LogP contribution in [0.3, 0.4) is 0 Å². The summed E-state index contributed by atoms with van der Waals surface area (Å²) in [5, 5.41) is 2.80. The molecule has 3 nitrogen and oxygen atoms in total. The van der Waals surface area contributed by atoms with Crippen LogP contribution < -0.4 is 11.1 Å². The first-order valence-corrected chi connectivity index (χ1v) is 6.47. The lowest BCUT2D eigenvalue weighted by molar-refractivity contribution is -0.118. The first-order chi connectivity index (χ1) is 7.54. The van der Waals surface area contributed by atoms with Crippen molar-refractivity contribution in [3.8, 4) is 0 Å². The number of benzene rings is 1. The number of amides is 1. The molecular formula is C12H18N2OS. The van der Waals surface area contributed by atoms with Crippen molar-refractivity contribution in [2.45, 2.75) is 24.8 Å². The highest BCUT2D eigenvalue weighted by molar-refractivity contribution is 7.98. The minimum Gasteiger partial charge on any atom is -0.325 e. The molecule has 16 heavy (non-hydrogen) atoms. The second-order valence-corrected chi connectivity index (χ2v) is 4.87. The van der Waals surface area contributed by atoms with Crippen molar-refractivity contribution >= 4 is 23.4 Å². The molecule has 0 saturated carbocycles. The van der Waals surface area contributed by atoms with Gasteiger partial charge in [0.15, 0.2) is 0 Å². The summed E-state index contributed by atoms with van der Waals surface area (Å²) in [5.41, 5.74) is 6.54. The van der Waals surface area contributed by atoms with E-state index in [0.717, 1.165) is 5.69 Å². The van der Waals surface area contributed by atoms with Crippen molar-refractivity contribution in [2.75, 3.05) is 11.6 Å². The van der Waals surface area contributed by atoms with Gasteiger partial charge in [-0.1, -0.05) is 13.8 Å². The van der Waals surface area contributed by atoms with E-state index in [1.165, 1.54) is 4.90 Å². The number of nitrogens with two attached hydrogens (primary N) is 1. The number of thioether (sulfide) groups is 1. The van der Waals surface area contributed by atoms with Crippen LogP contribution in [-0.2, 0) is 4.79 Å². The molecule has 0 aliphatic heterocycles. The molecule has 1 aromatic rings. The van der Waals surface area contributed by atoms with Crippen molar-refractivity contribution in [1.29, 1.82) is 0 Å². The van der Waals surface area contributed by atoms with Crippen LogP contribution in [0.25, 0.3) is 0 Å². The molecule has 3 N–H and O–H groups in total.